The van der Waals surface area contributed by atoms with E-state index in [1.165, 1.54) is 0 Å². The van der Waals surface area contributed by atoms with Gasteiger partial charge >= 0.3 is 0 Å². The van der Waals surface area contributed by atoms with Crippen LogP contribution in [0.5, 0.6) is 0 Å². The fourth-order valence-electron chi connectivity index (χ4n) is 0.865. The SMILES string of the molecule is CC1=NC(C)CC=CN1. The van der Waals surface area contributed by atoms with Crippen LogP contribution in [0.3, 0.4) is 0 Å². The van der Waals surface area contributed by atoms with E-state index in [9.17, 15) is 0 Å². The van der Waals surface area contributed by atoms with E-state index in [1.807, 2.05) is 13.1 Å². The van der Waals surface area contributed by atoms with Crippen LogP contribution in [0.25, 0.3) is 0 Å². The minimum atomic E-state index is 0.441. The van der Waals surface area contributed by atoms with Gasteiger partial charge < -0.3 is 5.32 Å². The number of amidine groups is 1. The molecule has 1 N–H and O–H groups in total. The molecule has 0 saturated heterocycles. The van der Waals surface area contributed by atoms with Crippen LogP contribution in [0.4, 0.5) is 0 Å². The number of hydrogen-bond acceptors (Lipinski definition) is 2. The zero-order chi connectivity index (χ0) is 6.69. The molecule has 0 bridgehead atoms. The van der Waals surface area contributed by atoms with Crippen LogP contribution < -0.4 is 5.32 Å². The monoisotopic (exact) mass is 124 g/mol. The highest BCUT2D eigenvalue weighted by atomic mass is 15.0. The third kappa shape index (κ3) is 1.88. The van der Waals surface area contributed by atoms with Crippen molar-refractivity contribution in [1.29, 1.82) is 0 Å². The Hall–Kier alpha value is -0.790. The highest BCUT2D eigenvalue weighted by Gasteiger charge is 1.98. The Kier molecular flexibility index (Phi) is 1.88. The van der Waals surface area contributed by atoms with Gasteiger partial charge in [0, 0.05) is 0 Å². The second-order valence-electron chi connectivity index (χ2n) is 2.35. The summed E-state index contributed by atoms with van der Waals surface area (Å²) in [6.45, 7) is 4.09. The van der Waals surface area contributed by atoms with Gasteiger partial charge in [0.15, 0.2) is 0 Å². The molecule has 0 radical (unpaired) electrons. The maximum absolute atomic E-state index is 4.32. The molecule has 1 aliphatic heterocycles. The number of aliphatic imine (C=N–C) groups is 1. The molecule has 0 spiro atoms. The fourth-order valence-corrected chi connectivity index (χ4v) is 0.865. The lowest BCUT2D eigenvalue weighted by atomic mass is 10.2. The van der Waals surface area contributed by atoms with E-state index in [4.69, 9.17) is 0 Å². The average molecular weight is 124 g/mol. The Morgan fingerprint density at radius 3 is 3.33 bits per heavy atom. The molecule has 0 saturated carbocycles. The summed E-state index contributed by atoms with van der Waals surface area (Å²) < 4.78 is 0. The van der Waals surface area contributed by atoms with Gasteiger partial charge in [0.05, 0.1) is 11.9 Å². The van der Waals surface area contributed by atoms with E-state index in [0.717, 1.165) is 12.3 Å². The summed E-state index contributed by atoms with van der Waals surface area (Å²) in [4.78, 5) is 4.32. The van der Waals surface area contributed by atoms with Crippen molar-refractivity contribution in [3.8, 4) is 0 Å². The van der Waals surface area contributed by atoms with Crippen molar-refractivity contribution in [1.82, 2.24) is 5.32 Å². The number of nitrogens with zero attached hydrogens (tertiary/aromatic N) is 1. The predicted molar refractivity (Wildman–Crippen MR) is 39.5 cm³/mol. The Bertz CT molecular complexity index is 147. The molecule has 0 aromatic rings. The van der Waals surface area contributed by atoms with Crippen LogP contribution in [0, 0.1) is 0 Å². The highest BCUT2D eigenvalue weighted by molar-refractivity contribution is 5.80. The van der Waals surface area contributed by atoms with Gasteiger partial charge in [0.25, 0.3) is 0 Å². The van der Waals surface area contributed by atoms with E-state index < -0.39 is 0 Å². The van der Waals surface area contributed by atoms with E-state index in [0.29, 0.717) is 6.04 Å². The van der Waals surface area contributed by atoms with Crippen LogP contribution in [0.1, 0.15) is 20.3 Å². The normalized spacial score (nSPS) is 26.4. The molecule has 0 aromatic heterocycles. The first-order valence-corrected chi connectivity index (χ1v) is 3.25. The Labute approximate surface area is 55.7 Å². The van der Waals surface area contributed by atoms with Crippen LogP contribution in [0.2, 0.25) is 0 Å². The Morgan fingerprint density at radius 2 is 2.56 bits per heavy atom. The summed E-state index contributed by atoms with van der Waals surface area (Å²) in [5, 5.41) is 3.04. The van der Waals surface area contributed by atoms with Gasteiger partial charge in [-0.05, 0) is 26.5 Å². The molecule has 1 atom stereocenters. The molecule has 1 unspecified atom stereocenters. The Balaban J connectivity index is 2.62. The van der Waals surface area contributed by atoms with Crippen LogP contribution >= 0.6 is 0 Å². The van der Waals surface area contributed by atoms with Gasteiger partial charge in [-0.15, -0.1) is 0 Å². The number of hydrogen-bond donors (Lipinski definition) is 1. The van der Waals surface area contributed by atoms with E-state index in [-0.39, 0.29) is 0 Å². The van der Waals surface area contributed by atoms with Gasteiger partial charge in [-0.25, -0.2) is 0 Å². The highest BCUT2D eigenvalue weighted by Crippen LogP contribution is 2.00. The molecule has 1 rings (SSSR count). The number of rotatable bonds is 0. The maximum Gasteiger partial charge on any atom is 0.0974 e. The largest absolute Gasteiger partial charge is 0.351 e. The van der Waals surface area contributed by atoms with E-state index >= 15 is 0 Å². The molecule has 2 nitrogen and oxygen atoms in total. The average Bonchev–Trinajstić information content (AvgIpc) is 1.93. The quantitative estimate of drug-likeness (QED) is 0.517. The first-order valence-electron chi connectivity index (χ1n) is 3.25. The van der Waals surface area contributed by atoms with Gasteiger partial charge in [0.2, 0.25) is 0 Å². The molecular formula is C7H12N2. The lowest BCUT2D eigenvalue weighted by Gasteiger charge is -1.99. The third-order valence-electron chi connectivity index (χ3n) is 1.30. The molecule has 9 heavy (non-hydrogen) atoms. The smallest absolute Gasteiger partial charge is 0.0974 e. The zero-order valence-electron chi connectivity index (χ0n) is 5.89. The molecule has 0 aromatic carbocycles. The fraction of sp³-hybridized carbons (Fsp3) is 0.571. The van der Waals surface area contributed by atoms with Crippen molar-refractivity contribution in [3.63, 3.8) is 0 Å². The topological polar surface area (TPSA) is 24.4 Å². The Morgan fingerprint density at radius 1 is 1.78 bits per heavy atom. The molecule has 50 valence electrons. The van der Waals surface area contributed by atoms with Crippen molar-refractivity contribution in [2.75, 3.05) is 0 Å². The maximum atomic E-state index is 4.32. The molecule has 1 aliphatic rings. The van der Waals surface area contributed by atoms with Crippen LogP contribution in [-0.2, 0) is 0 Å². The lowest BCUT2D eigenvalue weighted by molar-refractivity contribution is 0.762. The molecule has 0 aliphatic carbocycles. The second kappa shape index (κ2) is 2.67. The van der Waals surface area contributed by atoms with Crippen molar-refractivity contribution in [2.24, 2.45) is 4.99 Å². The van der Waals surface area contributed by atoms with Gasteiger partial charge in [-0.2, -0.15) is 0 Å². The summed E-state index contributed by atoms with van der Waals surface area (Å²) in [6, 6.07) is 0.441. The van der Waals surface area contributed by atoms with Crippen molar-refractivity contribution < 1.29 is 0 Å². The van der Waals surface area contributed by atoms with E-state index in [1.54, 1.807) is 0 Å². The van der Waals surface area contributed by atoms with Crippen molar-refractivity contribution in [2.45, 2.75) is 26.3 Å². The molecular weight excluding hydrogens is 112 g/mol. The first-order chi connectivity index (χ1) is 4.29. The molecule has 2 heteroatoms. The van der Waals surface area contributed by atoms with Gasteiger partial charge in [-0.3, -0.25) is 4.99 Å². The standard InChI is InChI=1S/C7H12N2/c1-6-4-3-5-8-7(2)9-6/h3,5-6H,4H2,1-2H3,(H,8,9). The molecule has 0 fully saturated rings. The van der Waals surface area contributed by atoms with Gasteiger partial charge in [-0.1, -0.05) is 6.08 Å². The predicted octanol–water partition coefficient (Wildman–Crippen LogP) is 1.30. The summed E-state index contributed by atoms with van der Waals surface area (Å²) >= 11 is 0. The van der Waals surface area contributed by atoms with Crippen LogP contribution in [0.15, 0.2) is 17.3 Å². The summed E-state index contributed by atoms with van der Waals surface area (Å²) in [5.74, 6) is 1.01. The van der Waals surface area contributed by atoms with Gasteiger partial charge in [0.1, 0.15) is 0 Å². The number of nitrogens with one attached hydrogen (secondary N) is 1. The lowest BCUT2D eigenvalue weighted by Crippen LogP contribution is -2.12. The second-order valence-corrected chi connectivity index (χ2v) is 2.35. The first kappa shape index (κ1) is 6.33. The minimum absolute atomic E-state index is 0.441. The molecule has 0 amide bonds. The molecule has 1 heterocycles. The minimum Gasteiger partial charge on any atom is -0.351 e. The summed E-state index contributed by atoms with van der Waals surface area (Å²) in [7, 11) is 0. The van der Waals surface area contributed by atoms with Crippen LogP contribution in [-0.4, -0.2) is 11.9 Å². The summed E-state index contributed by atoms with van der Waals surface area (Å²) in [6.07, 6.45) is 5.09. The zero-order valence-corrected chi connectivity index (χ0v) is 5.89. The van der Waals surface area contributed by atoms with Crippen molar-refractivity contribution in [3.05, 3.63) is 12.3 Å². The van der Waals surface area contributed by atoms with E-state index in [2.05, 4.69) is 23.3 Å². The third-order valence-corrected chi connectivity index (χ3v) is 1.30. The summed E-state index contributed by atoms with van der Waals surface area (Å²) in [5.41, 5.74) is 0. The van der Waals surface area contributed by atoms with Crippen molar-refractivity contribution >= 4 is 5.84 Å².